The predicted molar refractivity (Wildman–Crippen MR) is 88.2 cm³/mol. The number of ether oxygens (including phenoxy) is 1. The van der Waals surface area contributed by atoms with Gasteiger partial charge in [0.05, 0.1) is 18.5 Å². The first-order valence-corrected chi connectivity index (χ1v) is 7.62. The van der Waals surface area contributed by atoms with Gasteiger partial charge in [0, 0.05) is 43.0 Å². The van der Waals surface area contributed by atoms with E-state index in [4.69, 9.17) is 9.15 Å². The Hall–Kier alpha value is -3.09. The van der Waals surface area contributed by atoms with E-state index in [0.29, 0.717) is 36.4 Å². The molecule has 7 heteroatoms. The van der Waals surface area contributed by atoms with Crippen molar-refractivity contribution in [3.05, 3.63) is 59.0 Å². The van der Waals surface area contributed by atoms with Crippen LogP contribution in [0.25, 0.3) is 11.0 Å². The molecule has 0 aliphatic rings. The highest BCUT2D eigenvalue weighted by molar-refractivity contribution is 6.05. The Bertz CT molecular complexity index is 900. The Morgan fingerprint density at radius 3 is 3.00 bits per heavy atom. The Morgan fingerprint density at radius 1 is 1.38 bits per heavy atom. The second-order valence-electron chi connectivity index (χ2n) is 5.13. The number of fused-ring (bicyclic) bond motifs is 1. The topological polar surface area (TPSA) is 86.4 Å². The van der Waals surface area contributed by atoms with Crippen molar-refractivity contribution in [2.24, 2.45) is 0 Å². The highest BCUT2D eigenvalue weighted by atomic mass is 16.5. The number of imidazole rings is 1. The number of nitrogens with one attached hydrogen (secondary N) is 1. The van der Waals surface area contributed by atoms with Gasteiger partial charge in [0.25, 0.3) is 5.91 Å². The molecule has 1 amide bonds. The molecule has 0 saturated carbocycles. The number of benzene rings is 1. The lowest BCUT2D eigenvalue weighted by Crippen LogP contribution is -2.28. The lowest BCUT2D eigenvalue weighted by molar-refractivity contribution is 0.0953. The fourth-order valence-electron chi connectivity index (χ4n) is 2.40. The second-order valence-corrected chi connectivity index (χ2v) is 5.13. The molecule has 2 heterocycles. The lowest BCUT2D eigenvalue weighted by atomic mass is 10.1. The van der Waals surface area contributed by atoms with Crippen molar-refractivity contribution in [1.29, 1.82) is 0 Å². The molecule has 124 valence electrons. The molecule has 3 aromatic rings. The van der Waals surface area contributed by atoms with Crippen molar-refractivity contribution >= 4 is 16.9 Å². The predicted octanol–water partition coefficient (Wildman–Crippen LogP) is 1.82. The van der Waals surface area contributed by atoms with Crippen molar-refractivity contribution < 1.29 is 13.9 Å². The van der Waals surface area contributed by atoms with Crippen LogP contribution in [0.5, 0.6) is 5.75 Å². The SMILES string of the molecule is CCOc1ccc2c(C(=O)NCCn3ccnc3)cc(=O)oc2c1. The zero-order valence-electron chi connectivity index (χ0n) is 13.2. The molecule has 0 spiro atoms. The first-order valence-electron chi connectivity index (χ1n) is 7.62. The summed E-state index contributed by atoms with van der Waals surface area (Å²) in [6.45, 7) is 3.39. The molecule has 0 radical (unpaired) electrons. The molecular weight excluding hydrogens is 310 g/mol. The van der Waals surface area contributed by atoms with Crippen LogP contribution < -0.4 is 15.7 Å². The smallest absolute Gasteiger partial charge is 0.337 e. The summed E-state index contributed by atoms with van der Waals surface area (Å²) in [6, 6.07) is 6.28. The van der Waals surface area contributed by atoms with Crippen LogP contribution in [0, 0.1) is 0 Å². The number of carbonyl (C=O) groups excluding carboxylic acids is 1. The largest absolute Gasteiger partial charge is 0.494 e. The number of rotatable bonds is 6. The summed E-state index contributed by atoms with van der Waals surface area (Å²) in [4.78, 5) is 28.1. The highest BCUT2D eigenvalue weighted by Gasteiger charge is 2.13. The minimum absolute atomic E-state index is 0.287. The molecule has 0 atom stereocenters. The van der Waals surface area contributed by atoms with E-state index in [2.05, 4.69) is 10.3 Å². The Labute approximate surface area is 137 Å². The fourth-order valence-corrected chi connectivity index (χ4v) is 2.40. The molecule has 0 saturated heterocycles. The van der Waals surface area contributed by atoms with Crippen molar-refractivity contribution in [2.75, 3.05) is 13.2 Å². The Morgan fingerprint density at radius 2 is 2.25 bits per heavy atom. The Kier molecular flexibility index (Phi) is 4.60. The maximum Gasteiger partial charge on any atom is 0.337 e. The zero-order valence-corrected chi connectivity index (χ0v) is 13.2. The molecule has 0 unspecified atom stereocenters. The van der Waals surface area contributed by atoms with Crippen LogP contribution >= 0.6 is 0 Å². The summed E-state index contributed by atoms with van der Waals surface area (Å²) >= 11 is 0. The van der Waals surface area contributed by atoms with Gasteiger partial charge < -0.3 is 19.0 Å². The molecule has 3 rings (SSSR count). The molecular formula is C17H17N3O4. The van der Waals surface area contributed by atoms with E-state index in [9.17, 15) is 9.59 Å². The number of carbonyl (C=O) groups is 1. The number of hydrogen-bond acceptors (Lipinski definition) is 5. The van der Waals surface area contributed by atoms with E-state index in [1.54, 1.807) is 30.7 Å². The number of nitrogens with zero attached hydrogens (tertiary/aromatic N) is 2. The molecule has 0 fully saturated rings. The number of amides is 1. The van der Waals surface area contributed by atoms with E-state index in [1.165, 1.54) is 6.07 Å². The van der Waals surface area contributed by atoms with Gasteiger partial charge in [-0.25, -0.2) is 9.78 Å². The van der Waals surface area contributed by atoms with Crippen LogP contribution in [0.1, 0.15) is 17.3 Å². The molecule has 0 bridgehead atoms. The molecule has 2 aromatic heterocycles. The quantitative estimate of drug-likeness (QED) is 0.698. The molecule has 1 aromatic carbocycles. The number of aromatic nitrogens is 2. The zero-order chi connectivity index (χ0) is 16.9. The van der Waals surface area contributed by atoms with E-state index < -0.39 is 5.63 Å². The van der Waals surface area contributed by atoms with Gasteiger partial charge >= 0.3 is 5.63 Å². The highest BCUT2D eigenvalue weighted by Crippen LogP contribution is 2.22. The molecule has 1 N–H and O–H groups in total. The monoisotopic (exact) mass is 327 g/mol. The number of hydrogen-bond donors (Lipinski definition) is 1. The van der Waals surface area contributed by atoms with Crippen LogP contribution in [-0.4, -0.2) is 28.6 Å². The van der Waals surface area contributed by atoms with Gasteiger partial charge in [-0.05, 0) is 19.1 Å². The van der Waals surface area contributed by atoms with Gasteiger partial charge in [0.15, 0.2) is 0 Å². The minimum Gasteiger partial charge on any atom is -0.494 e. The maximum absolute atomic E-state index is 12.4. The van der Waals surface area contributed by atoms with Crippen molar-refractivity contribution in [1.82, 2.24) is 14.9 Å². The lowest BCUT2D eigenvalue weighted by Gasteiger charge is -2.09. The van der Waals surface area contributed by atoms with E-state index >= 15 is 0 Å². The summed E-state index contributed by atoms with van der Waals surface area (Å²) < 4.78 is 12.4. The van der Waals surface area contributed by atoms with Gasteiger partial charge in [0.2, 0.25) is 0 Å². The van der Waals surface area contributed by atoms with E-state index in [1.807, 2.05) is 17.7 Å². The van der Waals surface area contributed by atoms with Gasteiger partial charge in [-0.3, -0.25) is 4.79 Å². The minimum atomic E-state index is -0.573. The molecule has 0 aliphatic carbocycles. The molecule has 24 heavy (non-hydrogen) atoms. The summed E-state index contributed by atoms with van der Waals surface area (Å²) in [5.41, 5.74) is 0.0408. The Balaban J connectivity index is 1.82. The normalized spacial score (nSPS) is 10.7. The summed E-state index contributed by atoms with van der Waals surface area (Å²) in [6.07, 6.45) is 5.16. The van der Waals surface area contributed by atoms with E-state index in [-0.39, 0.29) is 11.5 Å². The van der Waals surface area contributed by atoms with Crippen LogP contribution in [0.2, 0.25) is 0 Å². The van der Waals surface area contributed by atoms with Crippen molar-refractivity contribution in [2.45, 2.75) is 13.5 Å². The third-order valence-electron chi connectivity index (χ3n) is 3.49. The van der Waals surface area contributed by atoms with Crippen LogP contribution in [0.15, 0.2) is 52.2 Å². The van der Waals surface area contributed by atoms with E-state index in [0.717, 1.165) is 0 Å². The third-order valence-corrected chi connectivity index (χ3v) is 3.49. The van der Waals surface area contributed by atoms with Crippen LogP contribution in [0.4, 0.5) is 0 Å². The molecule has 7 nitrogen and oxygen atoms in total. The maximum atomic E-state index is 12.4. The van der Waals surface area contributed by atoms with Gasteiger partial charge in [-0.15, -0.1) is 0 Å². The van der Waals surface area contributed by atoms with Crippen LogP contribution in [0.3, 0.4) is 0 Å². The first-order chi connectivity index (χ1) is 11.7. The van der Waals surface area contributed by atoms with Crippen LogP contribution in [-0.2, 0) is 6.54 Å². The van der Waals surface area contributed by atoms with Crippen molar-refractivity contribution in [3.8, 4) is 5.75 Å². The fraction of sp³-hybridized carbons (Fsp3) is 0.235. The summed E-state index contributed by atoms with van der Waals surface area (Å²) in [5, 5.41) is 3.36. The van der Waals surface area contributed by atoms with Gasteiger partial charge in [-0.2, -0.15) is 0 Å². The third kappa shape index (κ3) is 3.45. The summed E-state index contributed by atoms with van der Waals surface area (Å²) in [7, 11) is 0. The molecule has 0 aliphatic heterocycles. The average molecular weight is 327 g/mol. The van der Waals surface area contributed by atoms with Gasteiger partial charge in [0.1, 0.15) is 11.3 Å². The van der Waals surface area contributed by atoms with Crippen molar-refractivity contribution in [3.63, 3.8) is 0 Å². The van der Waals surface area contributed by atoms with Gasteiger partial charge in [-0.1, -0.05) is 0 Å². The summed E-state index contributed by atoms with van der Waals surface area (Å²) in [5.74, 6) is 0.267. The average Bonchev–Trinajstić information content (AvgIpc) is 3.07. The standard InChI is InChI=1S/C17H17N3O4/c1-2-23-12-3-4-13-14(10-16(21)24-15(13)9-12)17(22)19-6-8-20-7-5-18-11-20/h3-5,7,9-11H,2,6,8H2,1H3,(H,19,22). The first kappa shape index (κ1) is 15.8. The second kappa shape index (κ2) is 6.99.